The van der Waals surface area contributed by atoms with Crippen LogP contribution in [0.25, 0.3) is 0 Å². The van der Waals surface area contributed by atoms with Gasteiger partial charge >= 0.3 is 0 Å². The quantitative estimate of drug-likeness (QED) is 0.766. The average Bonchev–Trinajstić information content (AvgIpc) is 2.61. The molecule has 2 nitrogen and oxygen atoms in total. The summed E-state index contributed by atoms with van der Waals surface area (Å²) in [5.41, 5.74) is 10.0. The van der Waals surface area contributed by atoms with Crippen LogP contribution in [0.5, 0.6) is 0 Å². The van der Waals surface area contributed by atoms with Crippen LogP contribution in [0.2, 0.25) is 0 Å². The first-order valence-electron chi connectivity index (χ1n) is 8.25. The number of nitrogens with two attached hydrogens (primary N) is 1. The molecule has 0 heterocycles. The van der Waals surface area contributed by atoms with Gasteiger partial charge in [0.05, 0.1) is 6.04 Å². The van der Waals surface area contributed by atoms with E-state index in [-0.39, 0.29) is 6.04 Å². The Balaban J connectivity index is 0.00000127. The lowest BCUT2D eigenvalue weighted by molar-refractivity contribution is 0.858. The van der Waals surface area contributed by atoms with Gasteiger partial charge in [-0.1, -0.05) is 75.0 Å². The van der Waals surface area contributed by atoms with Gasteiger partial charge in [0.1, 0.15) is 0 Å². The number of rotatable bonds is 6. The van der Waals surface area contributed by atoms with Crippen LogP contribution in [0.3, 0.4) is 0 Å². The predicted molar refractivity (Wildman–Crippen MR) is 102 cm³/mol. The average molecular weight is 308 g/mol. The number of nitrogens with zero attached hydrogens (tertiary/aromatic N) is 1. The maximum absolute atomic E-state index is 5.61. The van der Waals surface area contributed by atoms with Crippen molar-refractivity contribution in [1.82, 2.24) is 0 Å². The molecule has 2 rings (SSSR count). The molecule has 23 heavy (non-hydrogen) atoms. The Morgan fingerprint density at radius 2 is 1.52 bits per heavy atom. The molecule has 2 N–H and O–H groups in total. The smallest absolute Gasteiger partial charge is 0.0858 e. The molecule has 122 valence electrons. The summed E-state index contributed by atoms with van der Waals surface area (Å²) in [7, 11) is 0. The van der Waals surface area contributed by atoms with Crippen molar-refractivity contribution in [3.05, 3.63) is 83.6 Å². The van der Waals surface area contributed by atoms with Crippen LogP contribution in [0.15, 0.2) is 71.9 Å². The summed E-state index contributed by atoms with van der Waals surface area (Å²) < 4.78 is 0. The highest BCUT2D eigenvalue weighted by Crippen LogP contribution is 2.09. The lowest BCUT2D eigenvalue weighted by Crippen LogP contribution is -2.10. The van der Waals surface area contributed by atoms with Gasteiger partial charge in [0.15, 0.2) is 0 Å². The highest BCUT2D eigenvalue weighted by molar-refractivity contribution is 5.79. The van der Waals surface area contributed by atoms with Crippen LogP contribution in [0.4, 0.5) is 0 Å². The first kappa shape index (κ1) is 18.7. The summed E-state index contributed by atoms with van der Waals surface area (Å²) in [6.07, 6.45) is 3.97. The standard InChI is InChI=1S/C19H22N2.C2H6/c1-15(20)16(2)21-14-19-12-10-18(11-13-19)9-8-17-6-4-3-5-7-17;1-2/h3-7,10-14,16H,1,8-9,20H2,2H3;1-2H3. The first-order valence-corrected chi connectivity index (χ1v) is 8.25. The lowest BCUT2D eigenvalue weighted by Gasteiger charge is -2.05. The van der Waals surface area contributed by atoms with Crippen LogP contribution in [0.1, 0.15) is 37.5 Å². The van der Waals surface area contributed by atoms with Gasteiger partial charge in [-0.15, -0.1) is 0 Å². The molecule has 2 aromatic rings. The zero-order valence-electron chi connectivity index (χ0n) is 14.5. The monoisotopic (exact) mass is 308 g/mol. The minimum atomic E-state index is -0.0391. The van der Waals surface area contributed by atoms with E-state index >= 15 is 0 Å². The Hall–Kier alpha value is -2.35. The summed E-state index contributed by atoms with van der Waals surface area (Å²) in [6.45, 7) is 9.64. The molecule has 0 aliphatic rings. The zero-order chi connectivity index (χ0) is 17.1. The second-order valence-electron chi connectivity index (χ2n) is 5.26. The van der Waals surface area contributed by atoms with Gasteiger partial charge in [0.25, 0.3) is 0 Å². The predicted octanol–water partition coefficient (Wildman–Crippen LogP) is 4.78. The summed E-state index contributed by atoms with van der Waals surface area (Å²) in [6, 6.07) is 19.0. The highest BCUT2D eigenvalue weighted by Gasteiger charge is 1.99. The van der Waals surface area contributed by atoms with Crippen LogP contribution < -0.4 is 5.73 Å². The highest BCUT2D eigenvalue weighted by atomic mass is 14.8. The van der Waals surface area contributed by atoms with Gasteiger partial charge in [-0.05, 0) is 36.5 Å². The molecule has 0 fully saturated rings. The number of hydrogen-bond acceptors (Lipinski definition) is 2. The molecule has 0 saturated heterocycles. The topological polar surface area (TPSA) is 38.4 Å². The Labute approximate surface area is 140 Å². The molecule has 0 spiro atoms. The number of hydrogen-bond donors (Lipinski definition) is 1. The van der Waals surface area contributed by atoms with E-state index in [4.69, 9.17) is 5.73 Å². The molecular weight excluding hydrogens is 280 g/mol. The third-order valence-corrected chi connectivity index (χ3v) is 3.51. The van der Waals surface area contributed by atoms with E-state index in [1.165, 1.54) is 11.1 Å². The van der Waals surface area contributed by atoms with E-state index in [1.807, 2.05) is 27.0 Å². The van der Waals surface area contributed by atoms with Crippen molar-refractivity contribution < 1.29 is 0 Å². The summed E-state index contributed by atoms with van der Waals surface area (Å²) >= 11 is 0. The molecule has 0 amide bonds. The molecule has 1 atom stereocenters. The lowest BCUT2D eigenvalue weighted by atomic mass is 10.0. The fraction of sp³-hybridized carbons (Fsp3) is 0.286. The second-order valence-corrected chi connectivity index (χ2v) is 5.26. The number of aryl methyl sites for hydroxylation is 2. The molecule has 0 aliphatic carbocycles. The minimum Gasteiger partial charge on any atom is -0.401 e. The maximum Gasteiger partial charge on any atom is 0.0858 e. The van der Waals surface area contributed by atoms with Crippen molar-refractivity contribution in [3.8, 4) is 0 Å². The van der Waals surface area contributed by atoms with Crippen molar-refractivity contribution >= 4 is 6.21 Å². The van der Waals surface area contributed by atoms with Crippen LogP contribution in [0, 0.1) is 0 Å². The molecule has 0 aromatic heterocycles. The number of benzene rings is 2. The van der Waals surface area contributed by atoms with E-state index in [2.05, 4.69) is 66.2 Å². The third kappa shape index (κ3) is 6.96. The Morgan fingerprint density at radius 1 is 1.00 bits per heavy atom. The van der Waals surface area contributed by atoms with Crippen molar-refractivity contribution in [2.45, 2.75) is 39.7 Å². The fourth-order valence-corrected chi connectivity index (χ4v) is 2.00. The Kier molecular flexibility index (Phi) is 8.45. The molecule has 2 heteroatoms. The van der Waals surface area contributed by atoms with Crippen LogP contribution in [-0.4, -0.2) is 12.3 Å². The van der Waals surface area contributed by atoms with Crippen molar-refractivity contribution in [2.24, 2.45) is 10.7 Å². The van der Waals surface area contributed by atoms with Crippen LogP contribution in [-0.2, 0) is 12.8 Å². The van der Waals surface area contributed by atoms with Gasteiger partial charge in [-0.2, -0.15) is 0 Å². The van der Waals surface area contributed by atoms with Crippen LogP contribution >= 0.6 is 0 Å². The summed E-state index contributed by atoms with van der Waals surface area (Å²) in [5.74, 6) is 0. The Bertz CT molecular complexity index is 597. The van der Waals surface area contributed by atoms with Crippen molar-refractivity contribution in [1.29, 1.82) is 0 Å². The van der Waals surface area contributed by atoms with Crippen molar-refractivity contribution in [3.63, 3.8) is 0 Å². The molecular formula is C21H28N2. The normalized spacial score (nSPS) is 11.6. The van der Waals surface area contributed by atoms with E-state index in [9.17, 15) is 0 Å². The third-order valence-electron chi connectivity index (χ3n) is 3.51. The number of aliphatic imine (C=N–C) groups is 1. The Morgan fingerprint density at radius 3 is 2.04 bits per heavy atom. The molecule has 0 aliphatic heterocycles. The van der Waals surface area contributed by atoms with Gasteiger partial charge in [-0.3, -0.25) is 4.99 Å². The maximum atomic E-state index is 5.61. The fourth-order valence-electron chi connectivity index (χ4n) is 2.00. The molecule has 0 bridgehead atoms. The molecule has 1 unspecified atom stereocenters. The molecule has 0 radical (unpaired) electrons. The van der Waals surface area contributed by atoms with Gasteiger partial charge in [0, 0.05) is 11.9 Å². The summed E-state index contributed by atoms with van der Waals surface area (Å²) in [4.78, 5) is 4.37. The molecule has 2 aromatic carbocycles. The zero-order valence-corrected chi connectivity index (χ0v) is 14.5. The van der Waals surface area contributed by atoms with Crippen molar-refractivity contribution in [2.75, 3.05) is 0 Å². The first-order chi connectivity index (χ1) is 11.1. The largest absolute Gasteiger partial charge is 0.401 e. The summed E-state index contributed by atoms with van der Waals surface area (Å²) in [5, 5.41) is 0. The van der Waals surface area contributed by atoms with Gasteiger partial charge in [0.2, 0.25) is 0 Å². The van der Waals surface area contributed by atoms with Gasteiger partial charge < -0.3 is 5.73 Å². The van der Waals surface area contributed by atoms with E-state index in [0.717, 1.165) is 18.4 Å². The molecule has 0 saturated carbocycles. The SMILES string of the molecule is C=C(N)C(C)N=Cc1ccc(CCc2ccccc2)cc1.CC. The minimum absolute atomic E-state index is 0.0391. The van der Waals surface area contributed by atoms with E-state index in [0.29, 0.717) is 5.70 Å². The van der Waals surface area contributed by atoms with E-state index in [1.54, 1.807) is 0 Å². The van der Waals surface area contributed by atoms with E-state index < -0.39 is 0 Å². The van der Waals surface area contributed by atoms with Gasteiger partial charge in [-0.25, -0.2) is 0 Å². The second kappa shape index (κ2) is 10.4.